The molecule has 1 atom stereocenters. The number of hydrogen-bond acceptors (Lipinski definition) is 2. The van der Waals surface area contributed by atoms with Crippen molar-refractivity contribution < 1.29 is 9.59 Å². The van der Waals surface area contributed by atoms with Gasteiger partial charge in [-0.05, 0) is 50.3 Å². The van der Waals surface area contributed by atoms with Crippen LogP contribution in [0.15, 0.2) is 42.5 Å². The van der Waals surface area contributed by atoms with Crippen molar-refractivity contribution in [2.75, 3.05) is 0 Å². The van der Waals surface area contributed by atoms with Gasteiger partial charge in [0.15, 0.2) is 0 Å². The van der Waals surface area contributed by atoms with Crippen LogP contribution in [0.5, 0.6) is 0 Å². The lowest BCUT2D eigenvalue weighted by Gasteiger charge is -2.33. The molecule has 0 aliphatic heterocycles. The second kappa shape index (κ2) is 12.4. The summed E-state index contributed by atoms with van der Waals surface area (Å²) in [6.45, 7) is 4.20. The minimum atomic E-state index is -0.565. The zero-order chi connectivity index (χ0) is 23.8. The summed E-state index contributed by atoms with van der Waals surface area (Å²) in [4.78, 5) is 28.4. The monoisotopic (exact) mass is 488 g/mol. The fourth-order valence-corrected chi connectivity index (χ4v) is 4.98. The highest BCUT2D eigenvalue weighted by Crippen LogP contribution is 2.28. The molecule has 2 aromatic carbocycles. The number of nitrogens with one attached hydrogen (secondary N) is 1. The molecule has 0 heterocycles. The molecule has 0 radical (unpaired) electrons. The van der Waals surface area contributed by atoms with E-state index in [2.05, 4.69) is 5.32 Å². The van der Waals surface area contributed by atoms with Crippen molar-refractivity contribution in [3.8, 4) is 0 Å². The third-order valence-electron chi connectivity index (χ3n) is 6.48. The van der Waals surface area contributed by atoms with Crippen molar-refractivity contribution in [2.45, 2.75) is 83.8 Å². The lowest BCUT2D eigenvalue weighted by atomic mass is 9.95. The van der Waals surface area contributed by atoms with E-state index in [1.807, 2.05) is 38.1 Å². The Labute approximate surface area is 207 Å². The van der Waals surface area contributed by atoms with Crippen LogP contribution in [0.3, 0.4) is 0 Å². The molecule has 0 aromatic heterocycles. The van der Waals surface area contributed by atoms with Crippen LogP contribution in [0.4, 0.5) is 0 Å². The van der Waals surface area contributed by atoms with E-state index in [4.69, 9.17) is 23.2 Å². The summed E-state index contributed by atoms with van der Waals surface area (Å²) in [6.07, 6.45) is 6.95. The van der Waals surface area contributed by atoms with E-state index in [-0.39, 0.29) is 24.4 Å². The Kier molecular flexibility index (Phi) is 9.64. The van der Waals surface area contributed by atoms with Crippen molar-refractivity contribution in [1.82, 2.24) is 10.2 Å². The van der Waals surface area contributed by atoms with Crippen LogP contribution >= 0.6 is 23.2 Å². The predicted molar refractivity (Wildman–Crippen MR) is 136 cm³/mol. The Hall–Kier alpha value is -2.04. The first-order chi connectivity index (χ1) is 15.9. The van der Waals surface area contributed by atoms with E-state index in [0.717, 1.165) is 31.2 Å². The number of benzene rings is 2. The van der Waals surface area contributed by atoms with Gasteiger partial charge in [0.25, 0.3) is 0 Å². The fourth-order valence-electron chi connectivity index (χ4n) is 4.47. The van der Waals surface area contributed by atoms with Crippen molar-refractivity contribution in [2.24, 2.45) is 0 Å². The van der Waals surface area contributed by atoms with Gasteiger partial charge in [0.2, 0.25) is 11.8 Å². The number of halogens is 2. The van der Waals surface area contributed by atoms with Crippen LogP contribution in [0.2, 0.25) is 10.0 Å². The summed E-state index contributed by atoms with van der Waals surface area (Å²) in [7, 11) is 0. The standard InChI is InChI=1S/C27H34Cl2N2O2/c1-3-25(27(33)30-21-8-5-4-6-9-21)31(18-22-23(28)10-7-11-24(22)29)26(32)17-16-20-14-12-19(2)13-15-20/h7,10-15,21,25H,3-6,8-9,16-18H2,1-2H3,(H,30,33)/t25-/m0/s1. The Morgan fingerprint density at radius 1 is 1.03 bits per heavy atom. The number of hydrogen-bond donors (Lipinski definition) is 1. The second-order valence-electron chi connectivity index (χ2n) is 8.98. The Balaban J connectivity index is 1.79. The average Bonchev–Trinajstić information content (AvgIpc) is 2.81. The van der Waals surface area contributed by atoms with Crippen LogP contribution in [-0.4, -0.2) is 28.8 Å². The number of carbonyl (C=O) groups excluding carboxylic acids is 2. The SMILES string of the molecule is CC[C@@H](C(=O)NC1CCCCC1)N(Cc1c(Cl)cccc1Cl)C(=O)CCc1ccc(C)cc1. The van der Waals surface area contributed by atoms with E-state index >= 15 is 0 Å². The Morgan fingerprint density at radius 3 is 2.27 bits per heavy atom. The zero-order valence-electron chi connectivity index (χ0n) is 19.6. The van der Waals surface area contributed by atoms with Crippen LogP contribution < -0.4 is 5.32 Å². The van der Waals surface area contributed by atoms with Gasteiger partial charge in [-0.3, -0.25) is 9.59 Å². The number of carbonyl (C=O) groups is 2. The van der Waals surface area contributed by atoms with Gasteiger partial charge in [-0.15, -0.1) is 0 Å². The van der Waals surface area contributed by atoms with Crippen molar-refractivity contribution in [1.29, 1.82) is 0 Å². The van der Waals surface area contributed by atoms with Crippen LogP contribution in [0, 0.1) is 6.92 Å². The van der Waals surface area contributed by atoms with E-state index in [0.29, 0.717) is 34.9 Å². The molecule has 0 bridgehead atoms. The minimum Gasteiger partial charge on any atom is -0.352 e. The average molecular weight is 489 g/mol. The summed E-state index contributed by atoms with van der Waals surface area (Å²) in [6, 6.07) is 13.1. The lowest BCUT2D eigenvalue weighted by molar-refractivity contribution is -0.141. The Morgan fingerprint density at radius 2 is 1.67 bits per heavy atom. The summed E-state index contributed by atoms with van der Waals surface area (Å²) >= 11 is 12.9. The van der Waals surface area contributed by atoms with Crippen LogP contribution in [-0.2, 0) is 22.6 Å². The molecule has 0 unspecified atom stereocenters. The van der Waals surface area contributed by atoms with Gasteiger partial charge in [-0.2, -0.15) is 0 Å². The van der Waals surface area contributed by atoms with Crippen molar-refractivity contribution in [3.63, 3.8) is 0 Å². The number of nitrogens with zero attached hydrogens (tertiary/aromatic N) is 1. The highest BCUT2D eigenvalue weighted by molar-refractivity contribution is 6.36. The van der Waals surface area contributed by atoms with Gasteiger partial charge >= 0.3 is 0 Å². The van der Waals surface area contributed by atoms with Crippen LogP contribution in [0.25, 0.3) is 0 Å². The number of rotatable bonds is 9. The molecule has 4 nitrogen and oxygen atoms in total. The van der Waals surface area contributed by atoms with Gasteiger partial charge in [0.1, 0.15) is 6.04 Å². The fraction of sp³-hybridized carbons (Fsp3) is 0.481. The van der Waals surface area contributed by atoms with E-state index in [1.54, 1.807) is 23.1 Å². The topological polar surface area (TPSA) is 49.4 Å². The molecular weight excluding hydrogens is 455 g/mol. The second-order valence-corrected chi connectivity index (χ2v) is 9.79. The van der Waals surface area contributed by atoms with E-state index in [1.165, 1.54) is 12.0 Å². The van der Waals surface area contributed by atoms with E-state index in [9.17, 15) is 9.59 Å². The largest absolute Gasteiger partial charge is 0.352 e. The van der Waals surface area contributed by atoms with Gasteiger partial charge in [-0.25, -0.2) is 0 Å². The normalized spacial score (nSPS) is 15.2. The molecule has 6 heteroatoms. The maximum atomic E-state index is 13.5. The third-order valence-corrected chi connectivity index (χ3v) is 7.18. The van der Waals surface area contributed by atoms with Gasteiger partial charge in [-0.1, -0.05) is 85.3 Å². The smallest absolute Gasteiger partial charge is 0.243 e. The summed E-state index contributed by atoms with van der Waals surface area (Å²) < 4.78 is 0. The molecule has 1 saturated carbocycles. The molecule has 0 spiro atoms. The maximum absolute atomic E-state index is 13.5. The maximum Gasteiger partial charge on any atom is 0.243 e. The van der Waals surface area contributed by atoms with Gasteiger partial charge in [0.05, 0.1) is 0 Å². The zero-order valence-corrected chi connectivity index (χ0v) is 21.1. The van der Waals surface area contributed by atoms with Crippen molar-refractivity contribution in [3.05, 3.63) is 69.2 Å². The molecule has 1 aliphatic rings. The van der Waals surface area contributed by atoms with Crippen molar-refractivity contribution >= 4 is 35.0 Å². The Bertz CT molecular complexity index is 919. The van der Waals surface area contributed by atoms with E-state index < -0.39 is 6.04 Å². The molecule has 3 rings (SSSR count). The molecule has 0 saturated heterocycles. The summed E-state index contributed by atoms with van der Waals surface area (Å²) in [5.74, 6) is -0.159. The quantitative estimate of drug-likeness (QED) is 0.438. The molecule has 178 valence electrons. The molecular formula is C27H34Cl2N2O2. The first-order valence-corrected chi connectivity index (χ1v) is 12.7. The minimum absolute atomic E-state index is 0.0720. The molecule has 33 heavy (non-hydrogen) atoms. The first kappa shape index (κ1) is 25.6. The van der Waals surface area contributed by atoms with Crippen LogP contribution in [0.1, 0.15) is 68.6 Å². The van der Waals surface area contributed by atoms with Gasteiger partial charge in [0, 0.05) is 34.6 Å². The number of aryl methyl sites for hydroxylation is 2. The lowest BCUT2D eigenvalue weighted by Crippen LogP contribution is -2.51. The highest BCUT2D eigenvalue weighted by atomic mass is 35.5. The molecule has 2 amide bonds. The molecule has 1 fully saturated rings. The summed E-state index contributed by atoms with van der Waals surface area (Å²) in [5, 5.41) is 4.20. The highest BCUT2D eigenvalue weighted by Gasteiger charge is 2.31. The number of amides is 2. The van der Waals surface area contributed by atoms with Gasteiger partial charge < -0.3 is 10.2 Å². The molecule has 1 aliphatic carbocycles. The summed E-state index contributed by atoms with van der Waals surface area (Å²) in [5.41, 5.74) is 2.96. The molecule has 2 aromatic rings. The third kappa shape index (κ3) is 7.22. The first-order valence-electron chi connectivity index (χ1n) is 12.0. The predicted octanol–water partition coefficient (Wildman–Crippen LogP) is 6.49. The molecule has 1 N–H and O–H groups in total.